The zero-order chi connectivity index (χ0) is 19.7. The lowest BCUT2D eigenvalue weighted by molar-refractivity contribution is -0.145. The molecule has 1 aromatic rings. The number of hydrogen-bond acceptors (Lipinski definition) is 7. The van der Waals surface area contributed by atoms with E-state index in [1.54, 1.807) is 6.20 Å². The largest absolute Gasteiger partial charge is 0.480 e. The Morgan fingerprint density at radius 1 is 1.35 bits per heavy atom. The number of aromatic nitrogens is 2. The molecule has 7 N–H and O–H groups in total. The number of imidazole rings is 1. The number of aliphatic carboxylic acids is 1. The average molecular weight is 387 g/mol. The minimum absolute atomic E-state index is 0.216. The number of carbonyl (C=O) groups is 3. The summed E-state index contributed by atoms with van der Waals surface area (Å²) in [4.78, 5) is 42.5. The maximum absolute atomic E-state index is 12.4. The van der Waals surface area contributed by atoms with Gasteiger partial charge in [0.2, 0.25) is 11.8 Å². The van der Waals surface area contributed by atoms with Crippen molar-refractivity contribution in [3.05, 3.63) is 18.2 Å². The van der Waals surface area contributed by atoms with Crippen LogP contribution in [-0.4, -0.2) is 74.2 Å². The van der Waals surface area contributed by atoms with Crippen LogP contribution in [0.3, 0.4) is 0 Å². The van der Waals surface area contributed by atoms with Crippen LogP contribution in [0.2, 0.25) is 0 Å². The first-order valence-electron chi connectivity index (χ1n) is 7.99. The molecule has 0 aromatic carbocycles. The van der Waals surface area contributed by atoms with Crippen molar-refractivity contribution in [3.8, 4) is 0 Å². The molecule has 1 aromatic heterocycles. The Kier molecular flexibility index (Phi) is 9.10. The topological polar surface area (TPSA) is 170 Å². The van der Waals surface area contributed by atoms with Gasteiger partial charge in [-0.25, -0.2) is 9.78 Å². The Hall–Kier alpha value is -2.11. The van der Waals surface area contributed by atoms with Crippen molar-refractivity contribution in [1.29, 1.82) is 0 Å². The highest BCUT2D eigenvalue weighted by atomic mass is 32.2. The van der Waals surface area contributed by atoms with Crippen LogP contribution >= 0.6 is 11.8 Å². The van der Waals surface area contributed by atoms with E-state index in [1.807, 2.05) is 6.26 Å². The van der Waals surface area contributed by atoms with Crippen LogP contribution in [0.4, 0.5) is 0 Å². The molecule has 0 aliphatic carbocycles. The van der Waals surface area contributed by atoms with E-state index < -0.39 is 42.0 Å². The number of thioether (sulfide) groups is 1. The van der Waals surface area contributed by atoms with Crippen molar-refractivity contribution in [2.75, 3.05) is 12.0 Å². The van der Waals surface area contributed by atoms with Crippen LogP contribution in [-0.2, 0) is 20.8 Å². The van der Waals surface area contributed by atoms with Gasteiger partial charge in [0.1, 0.15) is 6.04 Å². The number of carboxylic acids is 1. The fraction of sp³-hybridized carbons (Fsp3) is 0.600. The maximum atomic E-state index is 12.4. The minimum atomic E-state index is -1.46. The van der Waals surface area contributed by atoms with Crippen molar-refractivity contribution >= 4 is 29.5 Å². The van der Waals surface area contributed by atoms with E-state index in [0.717, 1.165) is 0 Å². The number of carbonyl (C=O) groups excluding carboxylic acids is 2. The summed E-state index contributed by atoms with van der Waals surface area (Å²) in [5.74, 6) is -2.01. The highest BCUT2D eigenvalue weighted by Crippen LogP contribution is 2.04. The molecule has 0 aliphatic heterocycles. The molecule has 2 amide bonds. The molecule has 4 atom stereocenters. The summed E-state index contributed by atoms with van der Waals surface area (Å²) >= 11 is 1.48. The number of nitrogens with two attached hydrogens (primary N) is 1. The van der Waals surface area contributed by atoms with Gasteiger partial charge in [-0.1, -0.05) is 0 Å². The number of hydrogen-bond donors (Lipinski definition) is 6. The minimum Gasteiger partial charge on any atom is -0.480 e. The van der Waals surface area contributed by atoms with E-state index in [0.29, 0.717) is 17.9 Å². The highest BCUT2D eigenvalue weighted by Gasteiger charge is 2.30. The molecule has 1 heterocycles. The van der Waals surface area contributed by atoms with E-state index in [9.17, 15) is 19.5 Å². The Labute approximate surface area is 155 Å². The van der Waals surface area contributed by atoms with E-state index in [4.69, 9.17) is 10.8 Å². The van der Waals surface area contributed by atoms with Gasteiger partial charge in [-0.2, -0.15) is 11.8 Å². The van der Waals surface area contributed by atoms with Crippen molar-refractivity contribution in [2.24, 2.45) is 5.73 Å². The molecule has 4 unspecified atom stereocenters. The Morgan fingerprint density at radius 3 is 2.54 bits per heavy atom. The van der Waals surface area contributed by atoms with Gasteiger partial charge in [0.25, 0.3) is 0 Å². The molecule has 0 bridgehead atoms. The second-order valence-corrected chi connectivity index (χ2v) is 6.78. The molecule has 0 fully saturated rings. The van der Waals surface area contributed by atoms with Gasteiger partial charge in [-0.05, 0) is 25.4 Å². The predicted octanol–water partition coefficient (Wildman–Crippen LogP) is -1.53. The van der Waals surface area contributed by atoms with Crippen LogP contribution in [0.15, 0.2) is 12.5 Å². The van der Waals surface area contributed by atoms with E-state index in [2.05, 4.69) is 20.6 Å². The van der Waals surface area contributed by atoms with Crippen LogP contribution in [0.1, 0.15) is 19.0 Å². The fourth-order valence-electron chi connectivity index (χ4n) is 2.15. The number of aliphatic hydroxyl groups excluding tert-OH is 1. The lowest BCUT2D eigenvalue weighted by atomic mass is 10.1. The summed E-state index contributed by atoms with van der Waals surface area (Å²) in [6.07, 6.45) is 4.09. The Balaban J connectivity index is 2.73. The second kappa shape index (κ2) is 10.8. The first kappa shape index (κ1) is 21.9. The molecule has 0 saturated heterocycles. The molecule has 0 saturated carbocycles. The smallest absolute Gasteiger partial charge is 0.328 e. The molecular weight excluding hydrogens is 362 g/mol. The van der Waals surface area contributed by atoms with E-state index >= 15 is 0 Å². The molecule has 10 nitrogen and oxygen atoms in total. The summed E-state index contributed by atoms with van der Waals surface area (Å²) < 4.78 is 0. The van der Waals surface area contributed by atoms with Crippen molar-refractivity contribution in [1.82, 2.24) is 20.6 Å². The zero-order valence-corrected chi connectivity index (χ0v) is 15.5. The Bertz CT molecular complexity index is 595. The lowest BCUT2D eigenvalue weighted by Crippen LogP contribution is -2.56. The molecule has 0 radical (unpaired) electrons. The van der Waals surface area contributed by atoms with Gasteiger partial charge in [-0.15, -0.1) is 0 Å². The van der Waals surface area contributed by atoms with Crippen LogP contribution < -0.4 is 16.4 Å². The summed E-state index contributed by atoms with van der Waals surface area (Å²) in [5, 5.41) is 23.3. The summed E-state index contributed by atoms with van der Waals surface area (Å²) in [6, 6.07) is -3.31. The molecule has 0 spiro atoms. The molecule has 0 aliphatic rings. The quantitative estimate of drug-likeness (QED) is 0.265. The third kappa shape index (κ3) is 7.02. The third-order valence-electron chi connectivity index (χ3n) is 3.62. The number of amides is 2. The molecule has 11 heteroatoms. The summed E-state index contributed by atoms with van der Waals surface area (Å²) in [6.45, 7) is 1.26. The summed E-state index contributed by atoms with van der Waals surface area (Å²) in [7, 11) is 0. The van der Waals surface area contributed by atoms with Gasteiger partial charge >= 0.3 is 5.97 Å². The van der Waals surface area contributed by atoms with E-state index in [-0.39, 0.29) is 6.42 Å². The monoisotopic (exact) mass is 387 g/mol. The number of aromatic amines is 1. The summed E-state index contributed by atoms with van der Waals surface area (Å²) in [5.41, 5.74) is 6.53. The standard InChI is InChI=1S/C15H25N5O5S/c1-8(21)12(15(24)25)20-14(23)11(3-4-26-2)19-13(22)10(16)5-9-6-17-7-18-9/h6-8,10-12,21H,3-5,16H2,1-2H3,(H,17,18)(H,19,22)(H,20,23)(H,24,25). The highest BCUT2D eigenvalue weighted by molar-refractivity contribution is 7.98. The zero-order valence-electron chi connectivity index (χ0n) is 14.6. The second-order valence-electron chi connectivity index (χ2n) is 5.80. The van der Waals surface area contributed by atoms with Crippen molar-refractivity contribution < 1.29 is 24.6 Å². The molecule has 146 valence electrons. The van der Waals surface area contributed by atoms with Crippen molar-refractivity contribution in [2.45, 2.75) is 44.0 Å². The SMILES string of the molecule is CSCCC(NC(=O)C(N)Cc1cnc[nH]1)C(=O)NC(C(=O)O)C(C)O. The first-order valence-corrected chi connectivity index (χ1v) is 9.39. The number of nitrogens with zero attached hydrogens (tertiary/aromatic N) is 1. The Morgan fingerprint density at radius 2 is 2.04 bits per heavy atom. The third-order valence-corrected chi connectivity index (χ3v) is 4.27. The average Bonchev–Trinajstić information content (AvgIpc) is 3.08. The van der Waals surface area contributed by atoms with Crippen molar-refractivity contribution in [3.63, 3.8) is 0 Å². The number of rotatable bonds is 11. The molecule has 26 heavy (non-hydrogen) atoms. The number of H-pyrrole nitrogens is 1. The number of nitrogens with one attached hydrogen (secondary N) is 3. The first-order chi connectivity index (χ1) is 12.3. The van der Waals surface area contributed by atoms with Gasteiger partial charge in [0.05, 0.1) is 18.5 Å². The van der Waals surface area contributed by atoms with Gasteiger partial charge in [0, 0.05) is 18.3 Å². The van der Waals surface area contributed by atoms with Gasteiger partial charge in [-0.3, -0.25) is 9.59 Å². The normalized spacial score (nSPS) is 15.5. The number of carboxylic acid groups (broad SMARTS) is 1. The number of aliphatic hydroxyl groups is 1. The van der Waals surface area contributed by atoms with Gasteiger partial charge in [0.15, 0.2) is 6.04 Å². The maximum Gasteiger partial charge on any atom is 0.328 e. The molecule has 1 rings (SSSR count). The van der Waals surface area contributed by atoms with Crippen LogP contribution in [0.25, 0.3) is 0 Å². The molecular formula is C15H25N5O5S. The van der Waals surface area contributed by atoms with E-state index in [1.165, 1.54) is 25.0 Å². The lowest BCUT2D eigenvalue weighted by Gasteiger charge is -2.23. The van der Waals surface area contributed by atoms with Crippen LogP contribution in [0.5, 0.6) is 0 Å². The fourth-order valence-corrected chi connectivity index (χ4v) is 2.62. The predicted molar refractivity (Wildman–Crippen MR) is 96.4 cm³/mol. The van der Waals surface area contributed by atoms with Gasteiger partial charge < -0.3 is 31.6 Å². The van der Waals surface area contributed by atoms with Crippen LogP contribution in [0, 0.1) is 0 Å².